The van der Waals surface area contributed by atoms with E-state index in [1.807, 2.05) is 49.4 Å². The van der Waals surface area contributed by atoms with Crippen molar-refractivity contribution in [1.29, 1.82) is 5.26 Å². The molecule has 0 unspecified atom stereocenters. The number of fused-ring (bicyclic) bond motifs is 1. The highest BCUT2D eigenvalue weighted by Crippen LogP contribution is 2.29. The molecule has 122 valence electrons. The lowest BCUT2D eigenvalue weighted by Gasteiger charge is -2.07. The van der Waals surface area contributed by atoms with Crippen molar-refractivity contribution >= 4 is 28.4 Å². The first-order valence-corrected chi connectivity index (χ1v) is 7.79. The fourth-order valence-electron chi connectivity index (χ4n) is 2.56. The van der Waals surface area contributed by atoms with Gasteiger partial charge in [0, 0.05) is 11.3 Å². The van der Waals surface area contributed by atoms with E-state index in [0.717, 1.165) is 16.3 Å². The second kappa shape index (κ2) is 6.90. The predicted octanol–water partition coefficient (Wildman–Crippen LogP) is 4.40. The minimum Gasteiger partial charge on any atom is -0.507 e. The molecule has 0 aliphatic carbocycles. The van der Waals surface area contributed by atoms with E-state index in [2.05, 4.69) is 5.32 Å². The van der Waals surface area contributed by atoms with Crippen LogP contribution in [0.1, 0.15) is 11.1 Å². The number of nitriles is 1. The number of nitrogens with zero attached hydrogens (tertiary/aromatic N) is 1. The summed E-state index contributed by atoms with van der Waals surface area (Å²) in [7, 11) is 0. The van der Waals surface area contributed by atoms with Crippen molar-refractivity contribution in [1.82, 2.24) is 0 Å². The van der Waals surface area contributed by atoms with E-state index in [-0.39, 0.29) is 11.3 Å². The lowest BCUT2D eigenvalue weighted by Crippen LogP contribution is -2.13. The first-order chi connectivity index (χ1) is 12.1. The van der Waals surface area contributed by atoms with Gasteiger partial charge in [0.1, 0.15) is 17.4 Å². The molecule has 4 nitrogen and oxygen atoms in total. The number of aromatic hydroxyl groups is 1. The molecule has 0 heterocycles. The van der Waals surface area contributed by atoms with Gasteiger partial charge >= 0.3 is 0 Å². The van der Waals surface area contributed by atoms with Crippen molar-refractivity contribution in [2.24, 2.45) is 0 Å². The average Bonchev–Trinajstić information content (AvgIpc) is 2.63. The van der Waals surface area contributed by atoms with E-state index in [1.54, 1.807) is 24.3 Å². The maximum absolute atomic E-state index is 12.4. The Hall–Kier alpha value is -3.58. The van der Waals surface area contributed by atoms with Crippen molar-refractivity contribution in [2.45, 2.75) is 6.92 Å². The quantitative estimate of drug-likeness (QED) is 0.553. The summed E-state index contributed by atoms with van der Waals surface area (Å²) in [5.41, 5.74) is 2.06. The molecule has 3 rings (SSSR count). The van der Waals surface area contributed by atoms with Gasteiger partial charge in [0.15, 0.2) is 0 Å². The number of benzene rings is 3. The molecule has 0 aromatic heterocycles. The van der Waals surface area contributed by atoms with Crippen LogP contribution in [0.2, 0.25) is 0 Å². The van der Waals surface area contributed by atoms with E-state index in [9.17, 15) is 15.2 Å². The van der Waals surface area contributed by atoms with Crippen molar-refractivity contribution < 1.29 is 9.90 Å². The lowest BCUT2D eigenvalue weighted by molar-refractivity contribution is -0.112. The summed E-state index contributed by atoms with van der Waals surface area (Å²) in [4.78, 5) is 12.4. The fourth-order valence-corrected chi connectivity index (χ4v) is 2.56. The second-order valence-electron chi connectivity index (χ2n) is 5.71. The molecule has 2 N–H and O–H groups in total. The van der Waals surface area contributed by atoms with Crippen LogP contribution >= 0.6 is 0 Å². The number of carbonyl (C=O) groups is 1. The Morgan fingerprint density at radius 2 is 1.80 bits per heavy atom. The first kappa shape index (κ1) is 16.3. The third-order valence-electron chi connectivity index (χ3n) is 3.91. The summed E-state index contributed by atoms with van der Waals surface area (Å²) in [5, 5.41) is 23.9. The maximum Gasteiger partial charge on any atom is 0.266 e. The zero-order valence-corrected chi connectivity index (χ0v) is 13.7. The lowest BCUT2D eigenvalue weighted by atomic mass is 10.0. The number of hydrogen-bond donors (Lipinski definition) is 2. The van der Waals surface area contributed by atoms with Crippen LogP contribution in [0.15, 0.2) is 66.2 Å². The van der Waals surface area contributed by atoms with Gasteiger partial charge < -0.3 is 10.4 Å². The van der Waals surface area contributed by atoms with Gasteiger partial charge in [0.2, 0.25) is 0 Å². The molecule has 0 spiro atoms. The molecule has 3 aromatic carbocycles. The van der Waals surface area contributed by atoms with E-state index >= 15 is 0 Å². The molecule has 0 saturated heterocycles. The molecular formula is C21H16N2O2. The van der Waals surface area contributed by atoms with Crippen LogP contribution in [0.4, 0.5) is 5.69 Å². The number of rotatable bonds is 3. The van der Waals surface area contributed by atoms with Crippen LogP contribution in [0.5, 0.6) is 5.75 Å². The van der Waals surface area contributed by atoms with Crippen LogP contribution < -0.4 is 5.32 Å². The summed E-state index contributed by atoms with van der Waals surface area (Å²) in [5.74, 6) is -0.492. The van der Waals surface area contributed by atoms with Gasteiger partial charge in [-0.05, 0) is 42.0 Å². The predicted molar refractivity (Wildman–Crippen MR) is 99.0 cm³/mol. The SMILES string of the molecule is Cc1ccc(NC(=O)/C(C#N)=C\c2c(O)ccc3ccccc23)cc1. The smallest absolute Gasteiger partial charge is 0.266 e. The van der Waals surface area contributed by atoms with Gasteiger partial charge in [-0.1, -0.05) is 48.0 Å². The van der Waals surface area contributed by atoms with Crippen LogP contribution in [0, 0.1) is 18.3 Å². The number of phenolic OH excluding ortho intramolecular Hbond substituents is 1. The number of anilines is 1. The van der Waals surface area contributed by atoms with Crippen LogP contribution in [0.25, 0.3) is 16.8 Å². The van der Waals surface area contributed by atoms with Crippen molar-refractivity contribution in [3.05, 3.63) is 77.4 Å². The molecule has 4 heteroatoms. The molecule has 25 heavy (non-hydrogen) atoms. The fraction of sp³-hybridized carbons (Fsp3) is 0.0476. The van der Waals surface area contributed by atoms with Gasteiger partial charge in [-0.25, -0.2) is 0 Å². The molecule has 1 amide bonds. The van der Waals surface area contributed by atoms with Crippen molar-refractivity contribution in [2.75, 3.05) is 5.32 Å². The van der Waals surface area contributed by atoms with E-state index in [4.69, 9.17) is 0 Å². The number of amides is 1. The summed E-state index contributed by atoms with van der Waals surface area (Å²) in [6.07, 6.45) is 1.42. The molecule has 0 aliphatic rings. The third-order valence-corrected chi connectivity index (χ3v) is 3.91. The Labute approximate surface area is 145 Å². The maximum atomic E-state index is 12.4. The normalized spacial score (nSPS) is 11.1. The molecule has 3 aromatic rings. The van der Waals surface area contributed by atoms with Crippen LogP contribution in [-0.2, 0) is 4.79 Å². The van der Waals surface area contributed by atoms with E-state index < -0.39 is 5.91 Å². The molecule has 0 bridgehead atoms. The van der Waals surface area contributed by atoms with Gasteiger partial charge in [0.25, 0.3) is 5.91 Å². The molecular weight excluding hydrogens is 312 g/mol. The second-order valence-corrected chi connectivity index (χ2v) is 5.71. The number of aryl methyl sites for hydroxylation is 1. The van der Waals surface area contributed by atoms with Gasteiger partial charge in [-0.15, -0.1) is 0 Å². The van der Waals surface area contributed by atoms with E-state index in [0.29, 0.717) is 11.3 Å². The van der Waals surface area contributed by atoms with Gasteiger partial charge in [0.05, 0.1) is 0 Å². The zero-order chi connectivity index (χ0) is 17.8. The van der Waals surface area contributed by atoms with Crippen molar-refractivity contribution in [3.8, 4) is 11.8 Å². The third kappa shape index (κ3) is 3.51. The molecule has 0 atom stereocenters. The highest BCUT2D eigenvalue weighted by Gasteiger charge is 2.12. The summed E-state index contributed by atoms with van der Waals surface area (Å²) in [6.45, 7) is 1.95. The summed E-state index contributed by atoms with van der Waals surface area (Å²) >= 11 is 0. The Morgan fingerprint density at radius 1 is 1.08 bits per heavy atom. The largest absolute Gasteiger partial charge is 0.507 e. The topological polar surface area (TPSA) is 73.1 Å². The Balaban J connectivity index is 1.98. The van der Waals surface area contributed by atoms with Gasteiger partial charge in [-0.3, -0.25) is 4.79 Å². The minimum atomic E-state index is -0.515. The monoisotopic (exact) mass is 328 g/mol. The number of phenols is 1. The molecule has 0 radical (unpaired) electrons. The summed E-state index contributed by atoms with van der Waals surface area (Å²) in [6, 6.07) is 20.0. The Bertz CT molecular complexity index is 1010. The molecule has 0 aliphatic heterocycles. The molecule has 0 saturated carbocycles. The van der Waals surface area contributed by atoms with Crippen LogP contribution in [-0.4, -0.2) is 11.0 Å². The Kier molecular flexibility index (Phi) is 4.49. The van der Waals surface area contributed by atoms with E-state index in [1.165, 1.54) is 6.08 Å². The zero-order valence-electron chi connectivity index (χ0n) is 13.7. The van der Waals surface area contributed by atoms with Crippen molar-refractivity contribution in [3.63, 3.8) is 0 Å². The number of carbonyl (C=O) groups excluding carboxylic acids is 1. The number of hydrogen-bond acceptors (Lipinski definition) is 3. The highest BCUT2D eigenvalue weighted by atomic mass is 16.3. The Morgan fingerprint density at radius 3 is 2.52 bits per heavy atom. The summed E-state index contributed by atoms with van der Waals surface area (Å²) < 4.78 is 0. The highest BCUT2D eigenvalue weighted by molar-refractivity contribution is 6.11. The average molecular weight is 328 g/mol. The minimum absolute atomic E-state index is 0.0228. The number of nitrogens with one attached hydrogen (secondary N) is 1. The van der Waals surface area contributed by atoms with Gasteiger partial charge in [-0.2, -0.15) is 5.26 Å². The first-order valence-electron chi connectivity index (χ1n) is 7.79. The standard InChI is InChI=1S/C21H16N2O2/c1-14-6-9-17(10-7-14)23-21(25)16(13-22)12-19-18-5-3-2-4-15(18)8-11-20(19)24/h2-12,24H,1H3,(H,23,25)/b16-12-. The molecule has 0 fully saturated rings. The van der Waals surface area contributed by atoms with Crippen LogP contribution in [0.3, 0.4) is 0 Å².